The van der Waals surface area contributed by atoms with E-state index >= 15 is 0 Å². The molecule has 3 rings (SSSR count). The smallest absolute Gasteiger partial charge is 0.258 e. The van der Waals surface area contributed by atoms with Gasteiger partial charge in [-0.25, -0.2) is 4.98 Å². The van der Waals surface area contributed by atoms with Crippen molar-refractivity contribution in [3.8, 4) is 11.5 Å². The zero-order chi connectivity index (χ0) is 14.2. The minimum atomic E-state index is -0.418. The van der Waals surface area contributed by atoms with Crippen LogP contribution < -0.4 is 10.6 Å². The van der Waals surface area contributed by atoms with Crippen LogP contribution in [0.1, 0.15) is 31.5 Å². The van der Waals surface area contributed by atoms with Gasteiger partial charge in [-0.2, -0.15) is 4.98 Å². The van der Waals surface area contributed by atoms with Crippen LogP contribution in [0.25, 0.3) is 11.5 Å². The first-order valence-electron chi connectivity index (χ1n) is 6.85. The summed E-state index contributed by atoms with van der Waals surface area (Å²) in [5, 5.41) is 4.08. The Kier molecular flexibility index (Phi) is 3.17. The van der Waals surface area contributed by atoms with Crippen LogP contribution in [0.4, 0.5) is 5.82 Å². The number of pyridine rings is 1. The first-order chi connectivity index (χ1) is 9.58. The van der Waals surface area contributed by atoms with E-state index in [4.69, 9.17) is 10.3 Å². The van der Waals surface area contributed by atoms with Crippen molar-refractivity contribution in [3.63, 3.8) is 0 Å². The lowest BCUT2D eigenvalue weighted by Crippen LogP contribution is -2.34. The molecule has 2 N–H and O–H groups in total. The summed E-state index contributed by atoms with van der Waals surface area (Å²) in [6, 6.07) is 3.79. The number of anilines is 1. The molecule has 1 fully saturated rings. The van der Waals surface area contributed by atoms with E-state index in [1.165, 1.54) is 0 Å². The summed E-state index contributed by atoms with van der Waals surface area (Å²) in [5.74, 6) is 1.97. The molecule has 0 saturated heterocycles. The predicted octanol–water partition coefficient (Wildman–Crippen LogP) is 1.93. The Labute approximate surface area is 118 Å². The lowest BCUT2D eigenvalue weighted by molar-refractivity contribution is 0.372. The highest BCUT2D eigenvalue weighted by Crippen LogP contribution is 2.35. The molecule has 2 heterocycles. The highest BCUT2D eigenvalue weighted by Gasteiger charge is 2.36. The minimum Gasteiger partial charge on any atom is -0.363 e. The van der Waals surface area contributed by atoms with E-state index in [2.05, 4.69) is 15.1 Å². The molecule has 20 heavy (non-hydrogen) atoms. The fraction of sp³-hybridized carbons (Fsp3) is 0.500. The van der Waals surface area contributed by atoms with Gasteiger partial charge in [-0.15, -0.1) is 0 Å². The van der Waals surface area contributed by atoms with Gasteiger partial charge in [0.2, 0.25) is 0 Å². The number of nitrogens with two attached hydrogens (primary N) is 1. The van der Waals surface area contributed by atoms with Crippen LogP contribution in [-0.2, 0) is 5.54 Å². The molecule has 0 aliphatic heterocycles. The fourth-order valence-electron chi connectivity index (χ4n) is 2.57. The van der Waals surface area contributed by atoms with Crippen LogP contribution in [-0.4, -0.2) is 29.2 Å². The van der Waals surface area contributed by atoms with Crippen molar-refractivity contribution in [2.75, 3.05) is 19.0 Å². The predicted molar refractivity (Wildman–Crippen MR) is 76.2 cm³/mol. The van der Waals surface area contributed by atoms with E-state index < -0.39 is 5.54 Å². The van der Waals surface area contributed by atoms with Crippen molar-refractivity contribution in [1.82, 2.24) is 15.1 Å². The van der Waals surface area contributed by atoms with Gasteiger partial charge in [-0.05, 0) is 25.0 Å². The first-order valence-corrected chi connectivity index (χ1v) is 6.85. The van der Waals surface area contributed by atoms with Gasteiger partial charge in [0.1, 0.15) is 5.82 Å². The molecular formula is C14H19N5O. The van der Waals surface area contributed by atoms with Crippen LogP contribution in [0, 0.1) is 0 Å². The molecule has 0 unspecified atom stereocenters. The molecule has 0 amide bonds. The van der Waals surface area contributed by atoms with Crippen molar-refractivity contribution in [1.29, 1.82) is 0 Å². The molecule has 2 aromatic heterocycles. The average Bonchev–Trinajstić information content (AvgIpc) is 3.08. The molecule has 0 atom stereocenters. The van der Waals surface area contributed by atoms with Gasteiger partial charge in [0.05, 0.1) is 5.54 Å². The zero-order valence-corrected chi connectivity index (χ0v) is 11.8. The van der Waals surface area contributed by atoms with Crippen molar-refractivity contribution in [2.45, 2.75) is 31.2 Å². The third-order valence-corrected chi connectivity index (χ3v) is 3.82. The quantitative estimate of drug-likeness (QED) is 0.920. The maximum Gasteiger partial charge on any atom is 0.258 e. The van der Waals surface area contributed by atoms with Gasteiger partial charge in [0.15, 0.2) is 5.82 Å². The number of hydrogen-bond donors (Lipinski definition) is 1. The Morgan fingerprint density at radius 3 is 2.75 bits per heavy atom. The Morgan fingerprint density at radius 1 is 1.30 bits per heavy atom. The molecule has 0 bridgehead atoms. The van der Waals surface area contributed by atoms with Crippen molar-refractivity contribution in [3.05, 3.63) is 24.2 Å². The van der Waals surface area contributed by atoms with E-state index in [0.29, 0.717) is 11.7 Å². The standard InChI is InChI=1S/C14H19N5O/c1-19(2)11-9-10(5-8-16-11)12-17-13(18-20-12)14(15)6-3-4-7-14/h5,8-9H,3-4,6-7,15H2,1-2H3. The molecule has 1 aliphatic carbocycles. The normalized spacial score (nSPS) is 17.4. The molecular weight excluding hydrogens is 254 g/mol. The Morgan fingerprint density at radius 2 is 2.05 bits per heavy atom. The summed E-state index contributed by atoms with van der Waals surface area (Å²) in [4.78, 5) is 10.7. The Bertz CT molecular complexity index is 601. The number of aromatic nitrogens is 3. The monoisotopic (exact) mass is 273 g/mol. The second-order valence-corrected chi connectivity index (χ2v) is 5.58. The number of hydrogen-bond acceptors (Lipinski definition) is 6. The Balaban J connectivity index is 1.92. The summed E-state index contributed by atoms with van der Waals surface area (Å²) in [6.45, 7) is 0. The summed E-state index contributed by atoms with van der Waals surface area (Å²) < 4.78 is 5.38. The number of nitrogens with zero attached hydrogens (tertiary/aromatic N) is 4. The third-order valence-electron chi connectivity index (χ3n) is 3.82. The second-order valence-electron chi connectivity index (χ2n) is 5.58. The van der Waals surface area contributed by atoms with Gasteiger partial charge in [-0.3, -0.25) is 0 Å². The van der Waals surface area contributed by atoms with E-state index in [-0.39, 0.29) is 0 Å². The van der Waals surface area contributed by atoms with Crippen molar-refractivity contribution in [2.24, 2.45) is 5.73 Å². The third kappa shape index (κ3) is 2.27. The second kappa shape index (κ2) is 4.86. The SMILES string of the molecule is CN(C)c1cc(-c2nc(C3(N)CCCC3)no2)ccn1. The molecule has 1 aliphatic rings. The van der Waals surface area contributed by atoms with Gasteiger partial charge < -0.3 is 15.2 Å². The maximum absolute atomic E-state index is 6.34. The molecule has 0 spiro atoms. The van der Waals surface area contributed by atoms with Gasteiger partial charge in [0.25, 0.3) is 5.89 Å². The molecule has 1 saturated carbocycles. The van der Waals surface area contributed by atoms with Crippen LogP contribution in [0.2, 0.25) is 0 Å². The van der Waals surface area contributed by atoms with Crippen LogP contribution in [0.5, 0.6) is 0 Å². The summed E-state index contributed by atoms with van der Waals surface area (Å²) in [5.41, 5.74) is 6.79. The number of rotatable bonds is 3. The van der Waals surface area contributed by atoms with Crippen LogP contribution in [0.15, 0.2) is 22.9 Å². The van der Waals surface area contributed by atoms with Crippen molar-refractivity contribution >= 4 is 5.82 Å². The Hall–Kier alpha value is -1.95. The molecule has 0 radical (unpaired) electrons. The van der Waals surface area contributed by atoms with Crippen LogP contribution >= 0.6 is 0 Å². The largest absolute Gasteiger partial charge is 0.363 e. The highest BCUT2D eigenvalue weighted by atomic mass is 16.5. The summed E-state index contributed by atoms with van der Waals surface area (Å²) >= 11 is 0. The van der Waals surface area contributed by atoms with E-state index in [0.717, 1.165) is 37.1 Å². The van der Waals surface area contributed by atoms with Gasteiger partial charge >= 0.3 is 0 Å². The molecule has 6 nitrogen and oxygen atoms in total. The average molecular weight is 273 g/mol. The lowest BCUT2D eigenvalue weighted by atomic mass is 9.99. The van der Waals surface area contributed by atoms with E-state index in [1.54, 1.807) is 6.20 Å². The highest BCUT2D eigenvalue weighted by molar-refractivity contribution is 5.58. The van der Waals surface area contributed by atoms with E-state index in [1.807, 2.05) is 31.1 Å². The molecule has 2 aromatic rings. The van der Waals surface area contributed by atoms with Crippen LogP contribution in [0.3, 0.4) is 0 Å². The van der Waals surface area contributed by atoms with E-state index in [9.17, 15) is 0 Å². The maximum atomic E-state index is 6.34. The first kappa shape index (κ1) is 13.1. The lowest BCUT2D eigenvalue weighted by Gasteiger charge is -2.17. The molecule has 0 aromatic carbocycles. The zero-order valence-electron chi connectivity index (χ0n) is 11.8. The summed E-state index contributed by atoms with van der Waals surface area (Å²) in [7, 11) is 3.89. The molecule has 106 valence electrons. The molecule has 6 heteroatoms. The van der Waals surface area contributed by atoms with Gasteiger partial charge in [-0.1, -0.05) is 18.0 Å². The summed E-state index contributed by atoms with van der Waals surface area (Å²) in [6.07, 6.45) is 5.83. The fourth-order valence-corrected chi connectivity index (χ4v) is 2.57. The topological polar surface area (TPSA) is 81.1 Å². The minimum absolute atomic E-state index is 0.418. The van der Waals surface area contributed by atoms with Gasteiger partial charge in [0, 0.05) is 25.9 Å². The van der Waals surface area contributed by atoms with Crippen molar-refractivity contribution < 1.29 is 4.52 Å².